The van der Waals surface area contributed by atoms with Crippen molar-refractivity contribution in [3.63, 3.8) is 0 Å². The first-order valence-electron chi connectivity index (χ1n) is 12.7. The second-order valence-electron chi connectivity index (χ2n) is 12.0. The van der Waals surface area contributed by atoms with Gasteiger partial charge in [-0.1, -0.05) is 37.3 Å². The van der Waals surface area contributed by atoms with E-state index in [2.05, 4.69) is 52.1 Å². The van der Waals surface area contributed by atoms with Gasteiger partial charge in [-0.25, -0.2) is 0 Å². The van der Waals surface area contributed by atoms with E-state index in [1.165, 1.54) is 50.5 Å². The van der Waals surface area contributed by atoms with Crippen LogP contribution in [0.2, 0.25) is 0 Å². The summed E-state index contributed by atoms with van der Waals surface area (Å²) in [5.74, 6) is 3.24. The van der Waals surface area contributed by atoms with E-state index >= 15 is 0 Å². The molecule has 3 aliphatic carbocycles. The largest absolute Gasteiger partial charge is 0.372 e. The van der Waals surface area contributed by atoms with Gasteiger partial charge in [-0.2, -0.15) is 0 Å². The van der Waals surface area contributed by atoms with Gasteiger partial charge in [0.2, 0.25) is 5.91 Å². The SMILES string of the molecule is C[C@H](NC(=O)C[C@@H]1CC[C@@H]2[C@H](CC[C@]3(C)[C@@H](OC(C)(C)C)CC[C@@H]23)C1)c1ccccc1. The Balaban J connectivity index is 1.31. The molecule has 1 aromatic carbocycles. The number of hydrogen-bond acceptors (Lipinski definition) is 2. The number of carbonyl (C=O) groups excluding carboxylic acids is 1. The molecule has 0 spiro atoms. The lowest BCUT2D eigenvalue weighted by Gasteiger charge is -2.52. The van der Waals surface area contributed by atoms with E-state index in [0.717, 1.165) is 17.8 Å². The molecule has 0 saturated heterocycles. The number of ether oxygens (including phenoxy) is 1. The molecule has 7 atom stereocenters. The molecule has 3 aliphatic rings. The van der Waals surface area contributed by atoms with Crippen LogP contribution in [-0.2, 0) is 9.53 Å². The monoisotopic (exact) mass is 425 g/mol. The van der Waals surface area contributed by atoms with Crippen LogP contribution in [0.4, 0.5) is 0 Å². The molecule has 31 heavy (non-hydrogen) atoms. The first-order valence-corrected chi connectivity index (χ1v) is 12.7. The lowest BCUT2D eigenvalue weighted by atomic mass is 9.55. The molecule has 1 aromatic rings. The summed E-state index contributed by atoms with van der Waals surface area (Å²) in [6, 6.07) is 10.4. The molecule has 0 bridgehead atoms. The molecule has 3 heteroatoms. The number of carbonyl (C=O) groups is 1. The number of amides is 1. The van der Waals surface area contributed by atoms with E-state index in [1.807, 2.05) is 18.2 Å². The van der Waals surface area contributed by atoms with Crippen molar-refractivity contribution in [3.05, 3.63) is 35.9 Å². The van der Waals surface area contributed by atoms with Gasteiger partial charge in [-0.3, -0.25) is 4.79 Å². The summed E-state index contributed by atoms with van der Waals surface area (Å²) in [6.07, 6.45) is 10.0. The minimum absolute atomic E-state index is 0.0542. The van der Waals surface area contributed by atoms with Crippen LogP contribution in [0.3, 0.4) is 0 Å². The molecule has 1 N–H and O–H groups in total. The lowest BCUT2D eigenvalue weighted by molar-refractivity contribution is -0.134. The summed E-state index contributed by atoms with van der Waals surface area (Å²) in [4.78, 5) is 12.7. The summed E-state index contributed by atoms with van der Waals surface area (Å²) >= 11 is 0. The molecule has 0 radical (unpaired) electrons. The van der Waals surface area contributed by atoms with Crippen LogP contribution in [-0.4, -0.2) is 17.6 Å². The molecule has 4 rings (SSSR count). The van der Waals surface area contributed by atoms with Crippen molar-refractivity contribution in [2.45, 2.75) is 104 Å². The molecule has 172 valence electrons. The van der Waals surface area contributed by atoms with Gasteiger partial charge in [0.25, 0.3) is 0 Å². The van der Waals surface area contributed by atoms with Crippen LogP contribution in [0.1, 0.15) is 97.6 Å². The zero-order valence-corrected chi connectivity index (χ0v) is 20.3. The summed E-state index contributed by atoms with van der Waals surface area (Å²) in [6.45, 7) is 11.2. The zero-order valence-electron chi connectivity index (χ0n) is 20.3. The normalized spacial score (nSPS) is 36.4. The van der Waals surface area contributed by atoms with Gasteiger partial charge in [0.1, 0.15) is 0 Å². The Labute approximate surface area is 189 Å². The fourth-order valence-corrected chi connectivity index (χ4v) is 7.21. The summed E-state index contributed by atoms with van der Waals surface area (Å²) < 4.78 is 6.55. The maximum atomic E-state index is 12.7. The van der Waals surface area contributed by atoms with Crippen LogP contribution < -0.4 is 5.32 Å². The Morgan fingerprint density at radius 1 is 1.13 bits per heavy atom. The third-order valence-corrected chi connectivity index (χ3v) is 8.69. The van der Waals surface area contributed by atoms with Crippen molar-refractivity contribution in [1.82, 2.24) is 5.32 Å². The van der Waals surface area contributed by atoms with Crippen LogP contribution in [0.15, 0.2) is 30.3 Å². The molecule has 0 aliphatic heterocycles. The average Bonchev–Trinajstić information content (AvgIpc) is 3.03. The van der Waals surface area contributed by atoms with Gasteiger partial charge in [0.05, 0.1) is 17.7 Å². The van der Waals surface area contributed by atoms with E-state index in [-0.39, 0.29) is 17.6 Å². The highest BCUT2D eigenvalue weighted by molar-refractivity contribution is 5.76. The quantitative estimate of drug-likeness (QED) is 0.571. The Kier molecular flexibility index (Phi) is 6.54. The highest BCUT2D eigenvalue weighted by atomic mass is 16.5. The van der Waals surface area contributed by atoms with Crippen LogP contribution in [0, 0.1) is 29.1 Å². The fraction of sp³-hybridized carbons (Fsp3) is 0.750. The molecular formula is C28H43NO2. The van der Waals surface area contributed by atoms with E-state index in [4.69, 9.17) is 4.74 Å². The summed E-state index contributed by atoms with van der Waals surface area (Å²) in [7, 11) is 0. The fourth-order valence-electron chi connectivity index (χ4n) is 7.21. The predicted octanol–water partition coefficient (Wildman–Crippen LogP) is 6.68. The maximum absolute atomic E-state index is 12.7. The summed E-state index contributed by atoms with van der Waals surface area (Å²) in [5, 5.41) is 3.23. The molecule has 3 saturated carbocycles. The number of benzene rings is 1. The van der Waals surface area contributed by atoms with Gasteiger partial charge in [-0.05, 0) is 107 Å². The number of nitrogens with one attached hydrogen (secondary N) is 1. The highest BCUT2D eigenvalue weighted by Gasteiger charge is 2.55. The van der Waals surface area contributed by atoms with Gasteiger partial charge >= 0.3 is 0 Å². The Hall–Kier alpha value is -1.35. The topological polar surface area (TPSA) is 38.3 Å². The highest BCUT2D eigenvalue weighted by Crippen LogP contribution is 2.61. The van der Waals surface area contributed by atoms with Crippen LogP contribution >= 0.6 is 0 Å². The van der Waals surface area contributed by atoms with E-state index in [1.54, 1.807) is 0 Å². The Morgan fingerprint density at radius 3 is 2.58 bits per heavy atom. The lowest BCUT2D eigenvalue weighted by Crippen LogP contribution is -2.47. The molecule has 0 heterocycles. The van der Waals surface area contributed by atoms with Crippen molar-refractivity contribution in [3.8, 4) is 0 Å². The predicted molar refractivity (Wildman–Crippen MR) is 127 cm³/mol. The molecule has 3 nitrogen and oxygen atoms in total. The number of fused-ring (bicyclic) bond motifs is 3. The minimum atomic E-state index is -0.0542. The average molecular weight is 426 g/mol. The van der Waals surface area contributed by atoms with Gasteiger partial charge in [0, 0.05) is 6.42 Å². The van der Waals surface area contributed by atoms with Gasteiger partial charge < -0.3 is 10.1 Å². The maximum Gasteiger partial charge on any atom is 0.220 e. The van der Waals surface area contributed by atoms with Gasteiger partial charge in [0.15, 0.2) is 0 Å². The second-order valence-corrected chi connectivity index (χ2v) is 12.0. The van der Waals surface area contributed by atoms with E-state index in [0.29, 0.717) is 23.9 Å². The van der Waals surface area contributed by atoms with Crippen molar-refractivity contribution >= 4 is 5.91 Å². The molecule has 1 amide bonds. The summed E-state index contributed by atoms with van der Waals surface area (Å²) in [5.41, 5.74) is 1.48. The van der Waals surface area contributed by atoms with Gasteiger partial charge in [-0.15, -0.1) is 0 Å². The molecule has 3 fully saturated rings. The number of rotatable bonds is 5. The third kappa shape index (κ3) is 5.02. The first kappa shape index (κ1) is 22.8. The first-order chi connectivity index (χ1) is 14.7. The third-order valence-electron chi connectivity index (χ3n) is 8.69. The molecular weight excluding hydrogens is 382 g/mol. The molecule has 0 aromatic heterocycles. The Bertz CT molecular complexity index is 754. The van der Waals surface area contributed by atoms with Crippen molar-refractivity contribution in [1.29, 1.82) is 0 Å². The zero-order chi connectivity index (χ0) is 22.2. The molecule has 0 unspecified atom stereocenters. The Morgan fingerprint density at radius 2 is 1.87 bits per heavy atom. The van der Waals surface area contributed by atoms with E-state index < -0.39 is 0 Å². The minimum Gasteiger partial charge on any atom is -0.372 e. The second kappa shape index (κ2) is 8.89. The van der Waals surface area contributed by atoms with Crippen molar-refractivity contribution < 1.29 is 9.53 Å². The van der Waals surface area contributed by atoms with E-state index in [9.17, 15) is 4.79 Å². The van der Waals surface area contributed by atoms with Crippen molar-refractivity contribution in [2.75, 3.05) is 0 Å². The smallest absolute Gasteiger partial charge is 0.220 e. The standard InChI is InChI=1S/C28H43NO2/c1-19(21-9-7-6-8-10-21)29-26(30)18-20-11-12-23-22(17-20)15-16-28(5)24(23)13-14-25(28)31-27(2,3)4/h6-10,19-20,22-25H,11-18H2,1-5H3,(H,29,30)/t19-,20+,22+,23+,24-,25-,28-/m0/s1. The number of hydrogen-bond donors (Lipinski definition) is 1. The van der Waals surface area contributed by atoms with Crippen LogP contribution in [0.5, 0.6) is 0 Å². The van der Waals surface area contributed by atoms with Crippen LogP contribution in [0.25, 0.3) is 0 Å². The van der Waals surface area contributed by atoms with Crippen molar-refractivity contribution in [2.24, 2.45) is 29.1 Å².